The van der Waals surface area contributed by atoms with E-state index in [2.05, 4.69) is 11.4 Å². The summed E-state index contributed by atoms with van der Waals surface area (Å²) >= 11 is 0. The zero-order valence-corrected chi connectivity index (χ0v) is 14.8. The van der Waals surface area contributed by atoms with Crippen molar-refractivity contribution in [1.82, 2.24) is 5.32 Å². The predicted octanol–water partition coefficient (Wildman–Crippen LogP) is 3.60. The minimum Gasteiger partial charge on any atom is -0.490 e. The van der Waals surface area contributed by atoms with Gasteiger partial charge in [-0.25, -0.2) is 0 Å². The van der Waals surface area contributed by atoms with Crippen molar-refractivity contribution in [3.8, 4) is 17.6 Å². The molecule has 2 aromatic rings. The fraction of sp³-hybridized carbons (Fsp3) is 0.333. The van der Waals surface area contributed by atoms with Crippen LogP contribution in [0.25, 0.3) is 0 Å². The maximum Gasteiger partial charge on any atom is 0.258 e. The standard InChI is InChI=1S/C21H22N2O3/c1-2-25-19-12-15(13-22)8-11-18(19)26-14-20(24)23-21(17-9-10-17)16-6-4-3-5-7-16/h3-8,11-12,17,21H,2,9-10,14H2,1H3,(H,23,24). The zero-order chi connectivity index (χ0) is 18.4. The first-order valence-electron chi connectivity index (χ1n) is 8.85. The van der Waals surface area contributed by atoms with Crippen LogP contribution in [0.5, 0.6) is 11.5 Å². The molecule has 0 bridgehead atoms. The number of hydrogen-bond acceptors (Lipinski definition) is 4. The van der Waals surface area contributed by atoms with Crippen molar-refractivity contribution in [3.63, 3.8) is 0 Å². The highest BCUT2D eigenvalue weighted by molar-refractivity contribution is 5.78. The van der Waals surface area contributed by atoms with Gasteiger partial charge in [-0.1, -0.05) is 30.3 Å². The maximum atomic E-state index is 12.4. The maximum absolute atomic E-state index is 12.4. The van der Waals surface area contributed by atoms with Crippen molar-refractivity contribution in [3.05, 3.63) is 59.7 Å². The van der Waals surface area contributed by atoms with Crippen LogP contribution in [0.4, 0.5) is 0 Å². The monoisotopic (exact) mass is 350 g/mol. The molecule has 5 heteroatoms. The number of carbonyl (C=O) groups excluding carboxylic acids is 1. The van der Waals surface area contributed by atoms with Crippen molar-refractivity contribution >= 4 is 5.91 Å². The van der Waals surface area contributed by atoms with Gasteiger partial charge in [-0.2, -0.15) is 5.26 Å². The second-order valence-corrected chi connectivity index (χ2v) is 6.29. The summed E-state index contributed by atoms with van der Waals surface area (Å²) in [4.78, 5) is 12.4. The van der Waals surface area contributed by atoms with E-state index in [1.54, 1.807) is 18.2 Å². The third-order valence-corrected chi connectivity index (χ3v) is 4.30. The summed E-state index contributed by atoms with van der Waals surface area (Å²) in [6.45, 7) is 2.22. The Kier molecular flexibility index (Phi) is 5.75. The van der Waals surface area contributed by atoms with Crippen molar-refractivity contribution in [2.45, 2.75) is 25.8 Å². The number of benzene rings is 2. The fourth-order valence-corrected chi connectivity index (χ4v) is 2.89. The van der Waals surface area contributed by atoms with Crippen LogP contribution in [-0.2, 0) is 4.79 Å². The van der Waals surface area contributed by atoms with Gasteiger partial charge in [-0.05, 0) is 43.4 Å². The Hall–Kier alpha value is -3.00. The summed E-state index contributed by atoms with van der Waals surface area (Å²) < 4.78 is 11.1. The average Bonchev–Trinajstić information content (AvgIpc) is 3.51. The van der Waals surface area contributed by atoms with E-state index < -0.39 is 0 Å². The molecule has 2 aromatic carbocycles. The van der Waals surface area contributed by atoms with E-state index in [9.17, 15) is 4.79 Å². The number of carbonyl (C=O) groups is 1. The van der Waals surface area contributed by atoms with Crippen molar-refractivity contribution in [2.24, 2.45) is 5.92 Å². The third-order valence-electron chi connectivity index (χ3n) is 4.30. The number of rotatable bonds is 8. The Morgan fingerprint density at radius 3 is 2.62 bits per heavy atom. The van der Waals surface area contributed by atoms with Gasteiger partial charge < -0.3 is 14.8 Å². The van der Waals surface area contributed by atoms with Gasteiger partial charge in [-0.3, -0.25) is 4.79 Å². The van der Waals surface area contributed by atoms with E-state index in [4.69, 9.17) is 14.7 Å². The summed E-state index contributed by atoms with van der Waals surface area (Å²) in [5.74, 6) is 1.26. The van der Waals surface area contributed by atoms with Crippen LogP contribution in [0.2, 0.25) is 0 Å². The Morgan fingerprint density at radius 1 is 1.19 bits per heavy atom. The first-order valence-corrected chi connectivity index (χ1v) is 8.85. The summed E-state index contributed by atoms with van der Waals surface area (Å²) in [6.07, 6.45) is 2.26. The van der Waals surface area contributed by atoms with E-state index in [0.717, 1.165) is 18.4 Å². The highest BCUT2D eigenvalue weighted by atomic mass is 16.5. The van der Waals surface area contributed by atoms with E-state index >= 15 is 0 Å². The Labute approximate surface area is 153 Å². The van der Waals surface area contributed by atoms with Crippen LogP contribution >= 0.6 is 0 Å². The highest BCUT2D eigenvalue weighted by Crippen LogP contribution is 2.40. The molecule has 1 aliphatic rings. The lowest BCUT2D eigenvalue weighted by Gasteiger charge is -2.19. The lowest BCUT2D eigenvalue weighted by Crippen LogP contribution is -2.33. The number of nitrogens with zero attached hydrogens (tertiary/aromatic N) is 1. The lowest BCUT2D eigenvalue weighted by molar-refractivity contribution is -0.124. The second-order valence-electron chi connectivity index (χ2n) is 6.29. The predicted molar refractivity (Wildman–Crippen MR) is 97.9 cm³/mol. The number of hydrogen-bond donors (Lipinski definition) is 1. The molecule has 1 amide bonds. The zero-order valence-electron chi connectivity index (χ0n) is 14.8. The van der Waals surface area contributed by atoms with Gasteiger partial charge in [0.25, 0.3) is 5.91 Å². The van der Waals surface area contributed by atoms with Gasteiger partial charge in [0.15, 0.2) is 18.1 Å². The summed E-state index contributed by atoms with van der Waals surface area (Å²) in [5.41, 5.74) is 1.61. The van der Waals surface area contributed by atoms with Crippen LogP contribution in [0.3, 0.4) is 0 Å². The van der Waals surface area contributed by atoms with E-state index in [1.165, 1.54) is 0 Å². The van der Waals surface area contributed by atoms with Gasteiger partial charge >= 0.3 is 0 Å². The SMILES string of the molecule is CCOc1cc(C#N)ccc1OCC(=O)NC(c1ccccc1)C1CC1. The molecule has 1 saturated carbocycles. The second kappa shape index (κ2) is 8.39. The number of ether oxygens (including phenoxy) is 2. The molecule has 0 spiro atoms. The molecule has 0 radical (unpaired) electrons. The van der Waals surface area contributed by atoms with Crippen LogP contribution < -0.4 is 14.8 Å². The van der Waals surface area contributed by atoms with E-state index in [1.807, 2.05) is 37.3 Å². The first-order chi connectivity index (χ1) is 12.7. The molecule has 1 aliphatic carbocycles. The molecule has 1 N–H and O–H groups in total. The number of nitrogens with one attached hydrogen (secondary N) is 1. The number of nitriles is 1. The first kappa shape index (κ1) is 17.8. The van der Waals surface area contributed by atoms with Crippen LogP contribution in [0, 0.1) is 17.2 Å². The molecule has 1 atom stereocenters. The molecule has 0 heterocycles. The topological polar surface area (TPSA) is 71.3 Å². The molecule has 0 aliphatic heterocycles. The smallest absolute Gasteiger partial charge is 0.258 e. The average molecular weight is 350 g/mol. The fourth-order valence-electron chi connectivity index (χ4n) is 2.89. The van der Waals surface area contributed by atoms with Gasteiger partial charge in [0.1, 0.15) is 0 Å². The quantitative estimate of drug-likeness (QED) is 0.789. The molecule has 1 unspecified atom stereocenters. The van der Waals surface area contributed by atoms with E-state index in [0.29, 0.717) is 29.6 Å². The van der Waals surface area contributed by atoms with Crippen molar-refractivity contribution in [1.29, 1.82) is 5.26 Å². The number of amides is 1. The minimum atomic E-state index is -0.169. The Bertz CT molecular complexity index is 795. The summed E-state index contributed by atoms with van der Waals surface area (Å²) in [5, 5.41) is 12.1. The van der Waals surface area contributed by atoms with Crippen LogP contribution in [-0.4, -0.2) is 19.1 Å². The van der Waals surface area contributed by atoms with E-state index in [-0.39, 0.29) is 18.6 Å². The molecule has 26 heavy (non-hydrogen) atoms. The molecule has 134 valence electrons. The summed E-state index contributed by atoms with van der Waals surface area (Å²) in [7, 11) is 0. The van der Waals surface area contributed by atoms with Crippen LogP contribution in [0.1, 0.15) is 36.9 Å². The molecular formula is C21H22N2O3. The molecule has 0 aromatic heterocycles. The Morgan fingerprint density at radius 2 is 1.96 bits per heavy atom. The summed E-state index contributed by atoms with van der Waals surface area (Å²) in [6, 6.07) is 17.0. The van der Waals surface area contributed by atoms with Gasteiger partial charge in [0.05, 0.1) is 24.3 Å². The molecular weight excluding hydrogens is 328 g/mol. The molecule has 1 fully saturated rings. The molecule has 5 nitrogen and oxygen atoms in total. The Balaban J connectivity index is 1.62. The van der Waals surface area contributed by atoms with Gasteiger partial charge in [0.2, 0.25) is 0 Å². The lowest BCUT2D eigenvalue weighted by atomic mass is 10.0. The highest BCUT2D eigenvalue weighted by Gasteiger charge is 2.33. The van der Waals surface area contributed by atoms with Crippen LogP contribution in [0.15, 0.2) is 48.5 Å². The van der Waals surface area contributed by atoms with Gasteiger partial charge in [-0.15, -0.1) is 0 Å². The van der Waals surface area contributed by atoms with Crippen molar-refractivity contribution < 1.29 is 14.3 Å². The molecule has 0 saturated heterocycles. The van der Waals surface area contributed by atoms with Crippen molar-refractivity contribution in [2.75, 3.05) is 13.2 Å². The normalized spacial score (nSPS) is 14.2. The molecule has 3 rings (SSSR count). The van der Waals surface area contributed by atoms with Gasteiger partial charge in [0, 0.05) is 6.07 Å². The largest absolute Gasteiger partial charge is 0.490 e. The third kappa shape index (κ3) is 4.54. The minimum absolute atomic E-state index is 0.0274.